The van der Waals surface area contributed by atoms with Gasteiger partial charge in [-0.1, -0.05) is 0 Å². The molecule has 1 aliphatic heterocycles. The summed E-state index contributed by atoms with van der Waals surface area (Å²) >= 11 is 0. The monoisotopic (exact) mass is 252 g/mol. The molecule has 0 aromatic carbocycles. The number of nitrogens with one attached hydrogen (secondary N) is 2. The first-order valence-corrected chi connectivity index (χ1v) is 5.98. The third-order valence-corrected chi connectivity index (χ3v) is 3.19. The molecule has 2 heterocycles. The van der Waals surface area contributed by atoms with E-state index < -0.39 is 4.92 Å². The highest BCUT2D eigenvalue weighted by molar-refractivity contribution is 5.93. The number of aromatic amines is 1. The summed E-state index contributed by atoms with van der Waals surface area (Å²) in [5.74, 6) is -0.181. The topological polar surface area (TPSA) is 91.3 Å². The summed E-state index contributed by atoms with van der Waals surface area (Å²) in [6.45, 7) is 4.19. The summed E-state index contributed by atoms with van der Waals surface area (Å²) in [4.78, 5) is 26.7. The Kier molecular flexibility index (Phi) is 3.61. The first-order chi connectivity index (χ1) is 8.63. The Bertz CT molecular complexity index is 451. The molecular formula is C11H16N4O3. The molecule has 0 bridgehead atoms. The van der Waals surface area contributed by atoms with Crippen LogP contribution in [0.5, 0.6) is 0 Å². The largest absolute Gasteiger partial charge is 0.351 e. The first kappa shape index (κ1) is 12.6. The van der Waals surface area contributed by atoms with E-state index in [4.69, 9.17) is 0 Å². The van der Waals surface area contributed by atoms with E-state index in [1.807, 2.05) is 6.92 Å². The molecule has 98 valence electrons. The predicted molar refractivity (Wildman–Crippen MR) is 65.4 cm³/mol. The van der Waals surface area contributed by atoms with Crippen LogP contribution in [0.25, 0.3) is 0 Å². The maximum atomic E-state index is 12.2. The molecule has 1 aromatic rings. The van der Waals surface area contributed by atoms with Crippen molar-refractivity contribution in [2.45, 2.75) is 19.4 Å². The van der Waals surface area contributed by atoms with Crippen LogP contribution in [0, 0.1) is 10.1 Å². The van der Waals surface area contributed by atoms with Gasteiger partial charge < -0.3 is 15.2 Å². The Labute approximate surface area is 104 Å². The van der Waals surface area contributed by atoms with Gasteiger partial charge in [0.15, 0.2) is 0 Å². The Morgan fingerprint density at radius 1 is 1.67 bits per heavy atom. The number of nitro groups is 1. The van der Waals surface area contributed by atoms with Gasteiger partial charge in [0.25, 0.3) is 11.6 Å². The average Bonchev–Trinajstić information content (AvgIpc) is 3.01. The first-order valence-electron chi connectivity index (χ1n) is 5.98. The zero-order chi connectivity index (χ0) is 13.1. The second kappa shape index (κ2) is 5.18. The van der Waals surface area contributed by atoms with Crippen molar-refractivity contribution in [1.29, 1.82) is 0 Å². The number of likely N-dealkylation sites (N-methyl/N-ethyl adjacent to an activating group) is 1. The lowest BCUT2D eigenvalue weighted by atomic mass is 10.2. The van der Waals surface area contributed by atoms with Crippen molar-refractivity contribution in [3.8, 4) is 0 Å². The van der Waals surface area contributed by atoms with Crippen molar-refractivity contribution in [3.63, 3.8) is 0 Å². The summed E-state index contributed by atoms with van der Waals surface area (Å²) in [5, 5.41) is 13.8. The molecule has 1 atom stereocenters. The van der Waals surface area contributed by atoms with Crippen molar-refractivity contribution in [3.05, 3.63) is 28.1 Å². The van der Waals surface area contributed by atoms with Gasteiger partial charge in [0, 0.05) is 25.2 Å². The second-order valence-electron chi connectivity index (χ2n) is 4.27. The minimum atomic E-state index is -0.513. The smallest absolute Gasteiger partial charge is 0.287 e. The summed E-state index contributed by atoms with van der Waals surface area (Å²) in [7, 11) is 0. The Morgan fingerprint density at radius 3 is 2.94 bits per heavy atom. The number of aromatic nitrogens is 1. The standard InChI is InChI=1S/C11H16N4O3/c1-2-14(8-3-4-12-6-8)11(16)10-5-9(7-13-10)15(17)18/h5,7-8,12-13H,2-4,6H2,1H3. The van der Waals surface area contributed by atoms with Crippen molar-refractivity contribution in [2.75, 3.05) is 19.6 Å². The van der Waals surface area contributed by atoms with Crippen LogP contribution in [-0.2, 0) is 0 Å². The fourth-order valence-corrected chi connectivity index (χ4v) is 2.24. The highest BCUT2D eigenvalue weighted by Gasteiger charge is 2.27. The van der Waals surface area contributed by atoms with E-state index in [-0.39, 0.29) is 23.3 Å². The summed E-state index contributed by atoms with van der Waals surface area (Å²) in [5.41, 5.74) is 0.189. The molecule has 0 aliphatic carbocycles. The number of amides is 1. The molecular weight excluding hydrogens is 236 g/mol. The Balaban J connectivity index is 2.14. The number of H-pyrrole nitrogens is 1. The normalized spacial score (nSPS) is 18.8. The van der Waals surface area contributed by atoms with Crippen LogP contribution in [0.1, 0.15) is 23.8 Å². The number of nitrogens with zero attached hydrogens (tertiary/aromatic N) is 2. The Morgan fingerprint density at radius 2 is 2.44 bits per heavy atom. The molecule has 1 aliphatic rings. The van der Waals surface area contributed by atoms with Crippen LogP contribution < -0.4 is 5.32 Å². The van der Waals surface area contributed by atoms with Crippen LogP contribution >= 0.6 is 0 Å². The van der Waals surface area contributed by atoms with Gasteiger partial charge in [-0.05, 0) is 19.9 Å². The van der Waals surface area contributed by atoms with Crippen LogP contribution in [0.15, 0.2) is 12.3 Å². The summed E-state index contributed by atoms with van der Waals surface area (Å²) in [6.07, 6.45) is 2.16. The molecule has 1 amide bonds. The van der Waals surface area contributed by atoms with Crippen LogP contribution in [0.2, 0.25) is 0 Å². The molecule has 0 saturated carbocycles. The third-order valence-electron chi connectivity index (χ3n) is 3.19. The van der Waals surface area contributed by atoms with E-state index in [1.54, 1.807) is 4.90 Å². The number of carbonyl (C=O) groups excluding carboxylic acids is 1. The summed E-state index contributed by atoms with van der Waals surface area (Å²) in [6, 6.07) is 1.46. The minimum Gasteiger partial charge on any atom is -0.351 e. The average molecular weight is 252 g/mol. The van der Waals surface area contributed by atoms with Crippen molar-refractivity contribution in [1.82, 2.24) is 15.2 Å². The van der Waals surface area contributed by atoms with Crippen LogP contribution in [-0.4, -0.2) is 46.4 Å². The van der Waals surface area contributed by atoms with Gasteiger partial charge in [-0.2, -0.15) is 0 Å². The van der Waals surface area contributed by atoms with E-state index in [0.717, 1.165) is 19.5 Å². The molecule has 7 nitrogen and oxygen atoms in total. The van der Waals surface area contributed by atoms with Crippen molar-refractivity contribution >= 4 is 11.6 Å². The lowest BCUT2D eigenvalue weighted by Gasteiger charge is -2.26. The molecule has 1 aromatic heterocycles. The molecule has 1 fully saturated rings. The van der Waals surface area contributed by atoms with E-state index in [9.17, 15) is 14.9 Å². The van der Waals surface area contributed by atoms with Crippen molar-refractivity contribution in [2.24, 2.45) is 0 Å². The van der Waals surface area contributed by atoms with Gasteiger partial charge in [0.05, 0.1) is 11.1 Å². The molecule has 1 saturated heterocycles. The Hall–Kier alpha value is -1.89. The van der Waals surface area contributed by atoms with Gasteiger partial charge >= 0.3 is 0 Å². The maximum absolute atomic E-state index is 12.2. The molecule has 1 unspecified atom stereocenters. The van der Waals surface area contributed by atoms with Crippen molar-refractivity contribution < 1.29 is 9.72 Å². The number of hydrogen-bond acceptors (Lipinski definition) is 4. The number of rotatable bonds is 4. The SMILES string of the molecule is CCN(C(=O)c1cc([N+](=O)[O-])c[nH]1)C1CCNC1. The molecule has 18 heavy (non-hydrogen) atoms. The minimum absolute atomic E-state index is 0.0843. The van der Waals surface area contributed by atoms with Gasteiger partial charge in [0.1, 0.15) is 5.69 Å². The zero-order valence-electron chi connectivity index (χ0n) is 10.2. The van der Waals surface area contributed by atoms with E-state index in [0.29, 0.717) is 6.54 Å². The maximum Gasteiger partial charge on any atom is 0.287 e. The van der Waals surface area contributed by atoms with E-state index in [1.165, 1.54) is 12.3 Å². The highest BCUT2D eigenvalue weighted by atomic mass is 16.6. The number of carbonyl (C=O) groups is 1. The molecule has 7 heteroatoms. The second-order valence-corrected chi connectivity index (χ2v) is 4.27. The van der Waals surface area contributed by atoms with Crippen LogP contribution in [0.4, 0.5) is 5.69 Å². The summed E-state index contributed by atoms with van der Waals surface area (Å²) < 4.78 is 0. The van der Waals surface area contributed by atoms with E-state index >= 15 is 0 Å². The van der Waals surface area contributed by atoms with Gasteiger partial charge in [-0.3, -0.25) is 14.9 Å². The van der Waals surface area contributed by atoms with E-state index in [2.05, 4.69) is 10.3 Å². The fourth-order valence-electron chi connectivity index (χ4n) is 2.24. The highest BCUT2D eigenvalue weighted by Crippen LogP contribution is 2.17. The number of hydrogen-bond donors (Lipinski definition) is 2. The molecule has 2 rings (SSSR count). The van der Waals surface area contributed by atoms with Gasteiger partial charge in [-0.25, -0.2) is 0 Å². The quantitative estimate of drug-likeness (QED) is 0.611. The lowest BCUT2D eigenvalue weighted by molar-refractivity contribution is -0.384. The van der Waals surface area contributed by atoms with Gasteiger partial charge in [0.2, 0.25) is 0 Å². The molecule has 2 N–H and O–H groups in total. The fraction of sp³-hybridized carbons (Fsp3) is 0.545. The third kappa shape index (κ3) is 2.35. The lowest BCUT2D eigenvalue weighted by Crippen LogP contribution is -2.41. The predicted octanol–water partition coefficient (Wildman–Crippen LogP) is 0.747. The van der Waals surface area contributed by atoms with Crippen LogP contribution in [0.3, 0.4) is 0 Å². The molecule has 0 radical (unpaired) electrons. The zero-order valence-corrected chi connectivity index (χ0v) is 10.2. The molecule has 0 spiro atoms. The van der Waals surface area contributed by atoms with Gasteiger partial charge in [-0.15, -0.1) is 0 Å².